The van der Waals surface area contributed by atoms with Gasteiger partial charge < -0.3 is 14.6 Å². The van der Waals surface area contributed by atoms with E-state index in [1.165, 1.54) is 25.1 Å². The maximum absolute atomic E-state index is 13.7. The zero-order chi connectivity index (χ0) is 26.6. The summed E-state index contributed by atoms with van der Waals surface area (Å²) in [6.45, 7) is 1.12. The lowest BCUT2D eigenvalue weighted by Crippen LogP contribution is -2.28. The number of imidazole rings is 1. The molecule has 1 aromatic carbocycles. The molecular weight excluding hydrogens is 499 g/mol. The number of rotatable bonds is 6. The van der Waals surface area contributed by atoms with Crippen molar-refractivity contribution in [1.82, 2.24) is 34.4 Å². The summed E-state index contributed by atoms with van der Waals surface area (Å²) in [5, 5.41) is 3.19. The number of methoxy groups -OCH3 is 1. The number of halogens is 3. The van der Waals surface area contributed by atoms with Gasteiger partial charge in [-0.05, 0) is 18.4 Å². The zero-order valence-corrected chi connectivity index (χ0v) is 20.7. The summed E-state index contributed by atoms with van der Waals surface area (Å²) in [5.74, 6) is 1.27. The van der Waals surface area contributed by atoms with E-state index in [-0.39, 0.29) is 23.8 Å². The van der Waals surface area contributed by atoms with E-state index in [4.69, 9.17) is 9.72 Å². The number of alkyl halides is 3. The summed E-state index contributed by atoms with van der Waals surface area (Å²) >= 11 is 0. The summed E-state index contributed by atoms with van der Waals surface area (Å²) in [5.41, 5.74) is 2.94. The van der Waals surface area contributed by atoms with Gasteiger partial charge in [0, 0.05) is 37.8 Å². The minimum atomic E-state index is -4.52. The van der Waals surface area contributed by atoms with Crippen LogP contribution in [0, 0.1) is 0 Å². The summed E-state index contributed by atoms with van der Waals surface area (Å²) in [6, 6.07) is 6.96. The Bertz CT molecular complexity index is 1590. The fourth-order valence-electron chi connectivity index (χ4n) is 4.83. The molecule has 0 spiro atoms. The molecule has 1 saturated carbocycles. The molecule has 0 atom stereocenters. The number of hydrogen-bond donors (Lipinski definition) is 1. The Hall–Kier alpha value is -4.06. The van der Waals surface area contributed by atoms with Gasteiger partial charge in [-0.25, -0.2) is 19.9 Å². The van der Waals surface area contributed by atoms with Gasteiger partial charge in [-0.2, -0.15) is 13.2 Å². The van der Waals surface area contributed by atoms with Crippen molar-refractivity contribution in [2.45, 2.75) is 44.6 Å². The van der Waals surface area contributed by atoms with Gasteiger partial charge in [0.05, 0.1) is 30.6 Å². The van der Waals surface area contributed by atoms with Gasteiger partial charge in [0.2, 0.25) is 5.88 Å². The van der Waals surface area contributed by atoms with Crippen molar-refractivity contribution in [2.24, 2.45) is 7.05 Å². The van der Waals surface area contributed by atoms with E-state index in [9.17, 15) is 18.0 Å². The molecule has 4 heterocycles. The summed E-state index contributed by atoms with van der Waals surface area (Å²) in [7, 11) is 3.05. The molecule has 38 heavy (non-hydrogen) atoms. The Morgan fingerprint density at radius 3 is 2.50 bits per heavy atom. The van der Waals surface area contributed by atoms with Gasteiger partial charge >= 0.3 is 6.18 Å². The van der Waals surface area contributed by atoms with Crippen molar-refractivity contribution in [3.05, 3.63) is 75.4 Å². The lowest BCUT2D eigenvalue weighted by atomic mass is 10.1. The first-order valence-corrected chi connectivity index (χ1v) is 12.2. The molecule has 6 rings (SSSR count). The fraction of sp³-hybridized carbons (Fsp3) is 0.346. The second kappa shape index (κ2) is 9.05. The average molecular weight is 524 g/mol. The van der Waals surface area contributed by atoms with Crippen LogP contribution in [0.25, 0.3) is 22.8 Å². The minimum Gasteiger partial charge on any atom is -0.480 e. The molecule has 196 valence electrons. The number of aromatic nitrogens is 6. The molecule has 0 bridgehead atoms. The third-order valence-corrected chi connectivity index (χ3v) is 6.88. The van der Waals surface area contributed by atoms with Crippen molar-refractivity contribution in [3.63, 3.8) is 0 Å². The molecule has 1 aliphatic heterocycles. The van der Waals surface area contributed by atoms with E-state index in [1.54, 1.807) is 28.8 Å². The lowest BCUT2D eigenvalue weighted by molar-refractivity contribution is -0.140. The number of benzene rings is 1. The number of nitrogens with zero attached hydrogens (tertiary/aromatic N) is 6. The van der Waals surface area contributed by atoms with Crippen molar-refractivity contribution >= 4 is 0 Å². The maximum atomic E-state index is 13.7. The highest BCUT2D eigenvalue weighted by Crippen LogP contribution is 2.45. The zero-order valence-electron chi connectivity index (χ0n) is 20.7. The lowest BCUT2D eigenvalue weighted by Gasteiger charge is -2.18. The first-order valence-electron chi connectivity index (χ1n) is 12.2. The first kappa shape index (κ1) is 24.3. The molecule has 1 N–H and O–H groups in total. The standard InChI is InChI=1S/C26H24F3N7O2/c1-35-12-19(26(27,28)29)34-22(35)16-5-3-14(4-6-16)11-36-23(33-18-10-30-9-17(18)25(36)37)20-21(15-7-8-15)31-13-32-24(20)38-2/h3-6,12-13,15,30H,7-11H2,1-2H3. The Balaban J connectivity index is 1.42. The Labute approximate surface area is 215 Å². The van der Waals surface area contributed by atoms with Gasteiger partial charge in [-0.3, -0.25) is 9.36 Å². The fourth-order valence-corrected chi connectivity index (χ4v) is 4.83. The Morgan fingerprint density at radius 1 is 1.08 bits per heavy atom. The van der Waals surface area contributed by atoms with Gasteiger partial charge in [0.15, 0.2) is 11.5 Å². The van der Waals surface area contributed by atoms with Crippen LogP contribution in [0.2, 0.25) is 0 Å². The average Bonchev–Trinajstić information content (AvgIpc) is 3.50. The molecule has 1 aliphatic carbocycles. The highest BCUT2D eigenvalue weighted by molar-refractivity contribution is 5.67. The third kappa shape index (κ3) is 4.24. The molecule has 12 heteroatoms. The third-order valence-electron chi connectivity index (χ3n) is 6.88. The molecule has 2 aliphatic rings. The van der Waals surface area contributed by atoms with Gasteiger partial charge in [0.25, 0.3) is 5.56 Å². The van der Waals surface area contributed by atoms with Crippen LogP contribution in [0.4, 0.5) is 13.2 Å². The number of ether oxygens (including phenoxy) is 1. The van der Waals surface area contributed by atoms with Crippen molar-refractivity contribution < 1.29 is 17.9 Å². The van der Waals surface area contributed by atoms with E-state index < -0.39 is 11.9 Å². The van der Waals surface area contributed by atoms with Crippen LogP contribution in [0.3, 0.4) is 0 Å². The van der Waals surface area contributed by atoms with Crippen molar-refractivity contribution in [2.75, 3.05) is 7.11 Å². The van der Waals surface area contributed by atoms with Crippen LogP contribution < -0.4 is 15.6 Å². The van der Waals surface area contributed by atoms with Crippen LogP contribution in [-0.2, 0) is 32.9 Å². The van der Waals surface area contributed by atoms with Gasteiger partial charge in [-0.15, -0.1) is 0 Å². The van der Waals surface area contributed by atoms with Gasteiger partial charge in [0.1, 0.15) is 17.7 Å². The highest BCUT2D eigenvalue weighted by atomic mass is 19.4. The quantitative estimate of drug-likeness (QED) is 0.412. The molecule has 0 amide bonds. The Kier molecular flexibility index (Phi) is 5.78. The van der Waals surface area contributed by atoms with E-state index in [0.29, 0.717) is 47.2 Å². The number of hydrogen-bond acceptors (Lipinski definition) is 7. The first-order chi connectivity index (χ1) is 18.2. The number of nitrogens with one attached hydrogen (secondary N) is 1. The molecule has 1 fully saturated rings. The second-order valence-electron chi connectivity index (χ2n) is 9.53. The van der Waals surface area contributed by atoms with Crippen LogP contribution in [0.1, 0.15) is 47.0 Å². The summed E-state index contributed by atoms with van der Waals surface area (Å²) in [4.78, 5) is 31.1. The molecule has 0 radical (unpaired) electrons. The largest absolute Gasteiger partial charge is 0.480 e. The Morgan fingerprint density at radius 2 is 1.84 bits per heavy atom. The van der Waals surface area contributed by atoms with E-state index in [1.807, 2.05) is 0 Å². The van der Waals surface area contributed by atoms with Crippen LogP contribution >= 0.6 is 0 Å². The van der Waals surface area contributed by atoms with E-state index in [2.05, 4.69) is 20.3 Å². The van der Waals surface area contributed by atoms with Crippen molar-refractivity contribution in [3.8, 4) is 28.7 Å². The summed E-state index contributed by atoms with van der Waals surface area (Å²) in [6.07, 6.45) is -0.104. The number of fused-ring (bicyclic) bond motifs is 1. The molecule has 0 saturated heterocycles. The molecule has 3 aromatic heterocycles. The van der Waals surface area contributed by atoms with Gasteiger partial charge in [-0.1, -0.05) is 24.3 Å². The number of aryl methyl sites for hydroxylation is 1. The normalized spacial score (nSPS) is 15.1. The monoisotopic (exact) mass is 523 g/mol. The van der Waals surface area contributed by atoms with Crippen LogP contribution in [0.15, 0.2) is 41.6 Å². The van der Waals surface area contributed by atoms with Crippen molar-refractivity contribution in [1.29, 1.82) is 0 Å². The smallest absolute Gasteiger partial charge is 0.434 e. The molecule has 4 aromatic rings. The predicted octanol–water partition coefficient (Wildman–Crippen LogP) is 3.66. The topological polar surface area (TPSA) is 99.8 Å². The SMILES string of the molecule is COc1ncnc(C2CC2)c1-c1nc2c(c(=O)n1Cc1ccc(-c3nc(C(F)(F)F)cn3C)cc1)CNC2. The van der Waals surface area contributed by atoms with Crippen LogP contribution in [0.5, 0.6) is 5.88 Å². The van der Waals surface area contributed by atoms with E-state index in [0.717, 1.165) is 30.3 Å². The van der Waals surface area contributed by atoms with E-state index >= 15 is 0 Å². The predicted molar refractivity (Wildman–Crippen MR) is 131 cm³/mol. The maximum Gasteiger partial charge on any atom is 0.434 e. The molecule has 0 unspecified atom stereocenters. The minimum absolute atomic E-state index is 0.161. The highest BCUT2D eigenvalue weighted by Gasteiger charge is 2.35. The second-order valence-corrected chi connectivity index (χ2v) is 9.53. The molecular formula is C26H24F3N7O2. The molecule has 9 nitrogen and oxygen atoms in total. The summed E-state index contributed by atoms with van der Waals surface area (Å²) < 4.78 is 47.9. The van der Waals surface area contributed by atoms with Crippen LogP contribution in [-0.4, -0.2) is 36.2 Å².